The number of aliphatic hydroxyl groups excluding tert-OH is 2. The van der Waals surface area contributed by atoms with Gasteiger partial charge in [-0.05, 0) is 19.9 Å². The number of nitrogens with two attached hydrogens (primary N) is 1. The summed E-state index contributed by atoms with van der Waals surface area (Å²) in [4.78, 5) is 4.04. The first kappa shape index (κ1) is 14.7. The summed E-state index contributed by atoms with van der Waals surface area (Å²) < 4.78 is 0. The predicted octanol–water partition coefficient (Wildman–Crippen LogP) is -1.01. The molecule has 90 valence electrons. The first-order chi connectivity index (χ1) is 7.11. The molecule has 0 saturated heterocycles. The van der Waals surface area contributed by atoms with Crippen molar-refractivity contribution < 1.29 is 10.2 Å². The van der Waals surface area contributed by atoms with Crippen LogP contribution in [0.15, 0.2) is 4.99 Å². The molecule has 0 aliphatic carbocycles. The maximum Gasteiger partial charge on any atom is 0.112 e. The zero-order valence-corrected chi connectivity index (χ0v) is 9.95. The highest BCUT2D eigenvalue weighted by Gasteiger charge is 2.09. The summed E-state index contributed by atoms with van der Waals surface area (Å²) >= 11 is 4.15. The van der Waals surface area contributed by atoms with Crippen LogP contribution in [-0.2, 0) is 0 Å². The summed E-state index contributed by atoms with van der Waals surface area (Å²) in [6, 6.07) is -0.0985. The van der Waals surface area contributed by atoms with Gasteiger partial charge < -0.3 is 21.3 Å². The summed E-state index contributed by atoms with van der Waals surface area (Å²) in [7, 11) is 0. The van der Waals surface area contributed by atoms with E-state index < -0.39 is 6.10 Å². The first-order valence-electron chi connectivity index (χ1n) is 5.04. The van der Waals surface area contributed by atoms with Crippen LogP contribution in [0.3, 0.4) is 0 Å². The van der Waals surface area contributed by atoms with Crippen molar-refractivity contribution in [2.45, 2.75) is 25.5 Å². The topological polar surface area (TPSA) is 90.9 Å². The van der Waals surface area contributed by atoms with Crippen molar-refractivity contribution in [3.63, 3.8) is 0 Å². The highest BCUT2D eigenvalue weighted by molar-refractivity contribution is 7.80. The van der Waals surface area contributed by atoms with Gasteiger partial charge in [0, 0.05) is 12.4 Å². The Labute approximate surface area is 96.2 Å². The van der Waals surface area contributed by atoms with Crippen LogP contribution >= 0.6 is 12.6 Å². The zero-order chi connectivity index (χ0) is 11.7. The van der Waals surface area contributed by atoms with Gasteiger partial charge in [-0.1, -0.05) is 0 Å². The van der Waals surface area contributed by atoms with Crippen LogP contribution < -0.4 is 11.1 Å². The molecule has 0 saturated carbocycles. The van der Waals surface area contributed by atoms with Crippen molar-refractivity contribution in [2.75, 3.05) is 25.4 Å². The molecule has 0 aromatic carbocycles. The van der Waals surface area contributed by atoms with Gasteiger partial charge in [0.05, 0.1) is 18.7 Å². The van der Waals surface area contributed by atoms with E-state index in [1.807, 2.05) is 0 Å². The number of hydrogen-bond donors (Lipinski definition) is 5. The van der Waals surface area contributed by atoms with Gasteiger partial charge in [-0.3, -0.25) is 4.99 Å². The van der Waals surface area contributed by atoms with Crippen LogP contribution in [-0.4, -0.2) is 53.6 Å². The largest absolute Gasteiger partial charge is 0.396 e. The fraction of sp³-hybridized carbons (Fsp3) is 0.889. The second kappa shape index (κ2) is 8.96. The third-order valence-electron chi connectivity index (χ3n) is 1.80. The molecule has 0 heterocycles. The third kappa shape index (κ3) is 7.61. The first-order valence-corrected chi connectivity index (χ1v) is 5.68. The molecule has 0 aromatic heterocycles. The van der Waals surface area contributed by atoms with Crippen LogP contribution in [0, 0.1) is 0 Å². The molecule has 0 spiro atoms. The van der Waals surface area contributed by atoms with Crippen LogP contribution in [0.1, 0.15) is 13.3 Å². The fourth-order valence-electron chi connectivity index (χ4n) is 0.966. The lowest BCUT2D eigenvalue weighted by atomic mass is 10.3. The van der Waals surface area contributed by atoms with E-state index in [1.54, 1.807) is 6.92 Å². The third-order valence-corrected chi connectivity index (χ3v) is 2.17. The highest BCUT2D eigenvalue weighted by atomic mass is 32.1. The van der Waals surface area contributed by atoms with Gasteiger partial charge in [-0.25, -0.2) is 0 Å². The zero-order valence-electron chi connectivity index (χ0n) is 9.06. The van der Waals surface area contributed by atoms with Crippen LogP contribution in [0.25, 0.3) is 0 Å². The lowest BCUT2D eigenvalue weighted by Gasteiger charge is -2.16. The Morgan fingerprint density at radius 2 is 2.27 bits per heavy atom. The van der Waals surface area contributed by atoms with Gasteiger partial charge in [-0.15, -0.1) is 0 Å². The fourth-order valence-corrected chi connectivity index (χ4v) is 1.28. The molecule has 0 aliphatic rings. The molecule has 0 rings (SSSR count). The molecule has 0 radical (unpaired) electrons. The van der Waals surface area contributed by atoms with Gasteiger partial charge in [0.25, 0.3) is 0 Å². The molecule has 0 aromatic rings. The van der Waals surface area contributed by atoms with Gasteiger partial charge in [-0.2, -0.15) is 12.6 Å². The Morgan fingerprint density at radius 1 is 1.60 bits per heavy atom. The lowest BCUT2D eigenvalue weighted by molar-refractivity contribution is 0.204. The van der Waals surface area contributed by atoms with Crippen LogP contribution in [0.2, 0.25) is 0 Å². The van der Waals surface area contributed by atoms with E-state index in [0.29, 0.717) is 31.1 Å². The monoisotopic (exact) mass is 235 g/mol. The van der Waals surface area contributed by atoms with Crippen molar-refractivity contribution in [3.05, 3.63) is 0 Å². The standard InChI is InChI=1S/C9H21N3O2S/c1-7(14)5-12-9(10)8(6-15)11-3-2-4-13/h7-8,11,13-15H,2-6H2,1H3,(H2,10,12)/t7-,8-/m0/s1. The minimum absolute atomic E-state index is 0.0985. The molecule has 5 N–H and O–H groups in total. The van der Waals surface area contributed by atoms with E-state index in [2.05, 4.69) is 22.9 Å². The van der Waals surface area contributed by atoms with E-state index in [0.717, 1.165) is 0 Å². The Morgan fingerprint density at radius 3 is 2.73 bits per heavy atom. The van der Waals surface area contributed by atoms with Gasteiger partial charge in [0.2, 0.25) is 0 Å². The quantitative estimate of drug-likeness (QED) is 0.161. The highest BCUT2D eigenvalue weighted by Crippen LogP contribution is 1.91. The number of aliphatic imine (C=N–C) groups is 1. The van der Waals surface area contributed by atoms with E-state index in [9.17, 15) is 0 Å². The van der Waals surface area contributed by atoms with E-state index in [4.69, 9.17) is 15.9 Å². The summed E-state index contributed by atoms with van der Waals surface area (Å²) in [5, 5.41) is 20.8. The van der Waals surface area contributed by atoms with E-state index >= 15 is 0 Å². The van der Waals surface area contributed by atoms with Crippen molar-refractivity contribution in [2.24, 2.45) is 10.7 Å². The number of nitrogens with one attached hydrogen (secondary N) is 1. The average Bonchev–Trinajstić information content (AvgIpc) is 2.21. The molecular formula is C9H21N3O2S. The van der Waals surface area contributed by atoms with Crippen molar-refractivity contribution >= 4 is 18.5 Å². The van der Waals surface area contributed by atoms with E-state index in [1.165, 1.54) is 0 Å². The molecule has 15 heavy (non-hydrogen) atoms. The maximum absolute atomic E-state index is 9.03. The van der Waals surface area contributed by atoms with Crippen molar-refractivity contribution in [3.8, 4) is 0 Å². The summed E-state index contributed by atoms with van der Waals surface area (Å²) in [5.74, 6) is 0.990. The number of amidine groups is 1. The Kier molecular flexibility index (Phi) is 8.79. The van der Waals surface area contributed by atoms with Gasteiger partial charge >= 0.3 is 0 Å². The smallest absolute Gasteiger partial charge is 0.112 e. The van der Waals surface area contributed by atoms with Gasteiger partial charge in [0.15, 0.2) is 0 Å². The minimum Gasteiger partial charge on any atom is -0.396 e. The predicted molar refractivity (Wildman–Crippen MR) is 65.5 cm³/mol. The lowest BCUT2D eigenvalue weighted by Crippen LogP contribution is -2.43. The Balaban J connectivity index is 3.97. The Hall–Kier alpha value is -0.300. The summed E-state index contributed by atoms with van der Waals surface area (Å²) in [5.41, 5.74) is 5.72. The average molecular weight is 235 g/mol. The molecule has 0 unspecified atom stereocenters. The molecule has 2 atom stereocenters. The number of aliphatic hydroxyl groups is 2. The second-order valence-electron chi connectivity index (χ2n) is 3.38. The van der Waals surface area contributed by atoms with Crippen LogP contribution in [0.5, 0.6) is 0 Å². The molecule has 0 bridgehead atoms. The molecule has 6 heteroatoms. The maximum atomic E-state index is 9.03. The molecule has 5 nitrogen and oxygen atoms in total. The van der Waals surface area contributed by atoms with Gasteiger partial charge in [0.1, 0.15) is 5.84 Å². The summed E-state index contributed by atoms with van der Waals surface area (Å²) in [6.45, 7) is 2.78. The molecular weight excluding hydrogens is 214 g/mol. The van der Waals surface area contributed by atoms with Crippen LogP contribution in [0.4, 0.5) is 0 Å². The van der Waals surface area contributed by atoms with Crippen molar-refractivity contribution in [1.29, 1.82) is 0 Å². The van der Waals surface area contributed by atoms with E-state index in [-0.39, 0.29) is 12.6 Å². The number of rotatable bonds is 8. The number of nitrogens with zero attached hydrogens (tertiary/aromatic N) is 1. The van der Waals surface area contributed by atoms with Crippen molar-refractivity contribution in [1.82, 2.24) is 5.32 Å². The molecule has 0 fully saturated rings. The number of hydrogen-bond acceptors (Lipinski definition) is 5. The second-order valence-corrected chi connectivity index (χ2v) is 3.75. The molecule has 0 aliphatic heterocycles. The summed E-state index contributed by atoms with van der Waals surface area (Å²) in [6.07, 6.45) is 0.190. The Bertz CT molecular complexity index is 188. The SMILES string of the molecule is C[C@H](O)CN=C(N)[C@H](CS)NCCCO. The minimum atomic E-state index is -0.485. The molecule has 0 amide bonds. The number of thiol groups is 1. The normalized spacial score (nSPS) is 16.4.